The highest BCUT2D eigenvalue weighted by atomic mass is 16.5. The van der Waals surface area contributed by atoms with Crippen LogP contribution < -0.4 is 10.2 Å². The predicted molar refractivity (Wildman–Crippen MR) is 135 cm³/mol. The van der Waals surface area contributed by atoms with Crippen molar-refractivity contribution in [2.45, 2.75) is 6.54 Å². The van der Waals surface area contributed by atoms with Crippen molar-refractivity contribution in [1.29, 1.82) is 0 Å². The number of rotatable bonds is 6. The van der Waals surface area contributed by atoms with Crippen LogP contribution in [-0.2, 0) is 16.1 Å². The molecule has 2 aliphatic heterocycles. The highest BCUT2D eigenvalue weighted by Crippen LogP contribution is 2.25. The van der Waals surface area contributed by atoms with E-state index in [1.54, 1.807) is 0 Å². The second-order valence-electron chi connectivity index (χ2n) is 8.98. The molecule has 3 heterocycles. The molecule has 0 unspecified atom stereocenters. The number of piperazine rings is 1. The van der Waals surface area contributed by atoms with Gasteiger partial charge >= 0.3 is 0 Å². The summed E-state index contributed by atoms with van der Waals surface area (Å²) in [6.07, 6.45) is 0. The summed E-state index contributed by atoms with van der Waals surface area (Å²) in [6, 6.07) is 19.7. The van der Waals surface area contributed by atoms with Crippen LogP contribution in [0.15, 0.2) is 60.7 Å². The molecule has 8 nitrogen and oxygen atoms in total. The van der Waals surface area contributed by atoms with Crippen molar-refractivity contribution < 1.29 is 14.3 Å². The number of para-hydroxylation sites is 1. The molecule has 1 aromatic heterocycles. The van der Waals surface area contributed by atoms with E-state index >= 15 is 0 Å². The third kappa shape index (κ3) is 5.61. The summed E-state index contributed by atoms with van der Waals surface area (Å²) < 4.78 is 5.42. The first-order chi connectivity index (χ1) is 17.2. The molecule has 182 valence electrons. The number of fused-ring (bicyclic) bond motifs is 1. The second kappa shape index (κ2) is 10.8. The Hall–Kier alpha value is -3.49. The van der Waals surface area contributed by atoms with Crippen molar-refractivity contribution in [3.8, 4) is 0 Å². The fourth-order valence-electron chi connectivity index (χ4n) is 4.63. The minimum atomic E-state index is 0.0295. The average molecular weight is 474 g/mol. The van der Waals surface area contributed by atoms with Gasteiger partial charge in [0.25, 0.3) is 5.91 Å². The number of nitrogens with zero attached hydrogens (tertiary/aromatic N) is 4. The molecule has 1 N–H and O–H groups in total. The maximum atomic E-state index is 13.4. The lowest BCUT2D eigenvalue weighted by molar-refractivity contribution is -0.122. The third-order valence-corrected chi connectivity index (χ3v) is 6.63. The Labute approximate surface area is 205 Å². The van der Waals surface area contributed by atoms with Crippen LogP contribution in [0.3, 0.4) is 0 Å². The molecular formula is C27H31N5O3. The maximum absolute atomic E-state index is 13.4. The number of hydrogen-bond donors (Lipinski definition) is 1. The molecule has 0 radical (unpaired) electrons. The van der Waals surface area contributed by atoms with Crippen molar-refractivity contribution in [2.24, 2.45) is 0 Å². The summed E-state index contributed by atoms with van der Waals surface area (Å²) in [5.74, 6) is 0.875. The van der Waals surface area contributed by atoms with E-state index in [0.717, 1.165) is 48.5 Å². The van der Waals surface area contributed by atoms with Crippen molar-refractivity contribution >= 4 is 28.5 Å². The third-order valence-electron chi connectivity index (χ3n) is 6.63. The van der Waals surface area contributed by atoms with Crippen LogP contribution in [0.4, 0.5) is 5.82 Å². The van der Waals surface area contributed by atoms with Gasteiger partial charge in [-0.05, 0) is 17.7 Å². The first-order valence-corrected chi connectivity index (χ1v) is 12.2. The van der Waals surface area contributed by atoms with Crippen LogP contribution in [0.5, 0.6) is 0 Å². The molecule has 0 atom stereocenters. The van der Waals surface area contributed by atoms with Crippen molar-refractivity contribution in [3.63, 3.8) is 0 Å². The fraction of sp³-hybridized carbons (Fsp3) is 0.370. The number of amides is 2. The van der Waals surface area contributed by atoms with E-state index in [9.17, 15) is 9.59 Å². The summed E-state index contributed by atoms with van der Waals surface area (Å²) in [7, 11) is 0. The van der Waals surface area contributed by atoms with Crippen molar-refractivity contribution in [1.82, 2.24) is 20.1 Å². The summed E-state index contributed by atoms with van der Waals surface area (Å²) in [6.45, 7) is 6.31. The van der Waals surface area contributed by atoms with E-state index < -0.39 is 0 Å². The van der Waals surface area contributed by atoms with Gasteiger partial charge in [-0.15, -0.1) is 0 Å². The first-order valence-electron chi connectivity index (χ1n) is 12.2. The molecular weight excluding hydrogens is 442 g/mol. The van der Waals surface area contributed by atoms with Gasteiger partial charge in [0.2, 0.25) is 5.91 Å². The lowest BCUT2D eigenvalue weighted by Crippen LogP contribution is -2.49. The van der Waals surface area contributed by atoms with Crippen LogP contribution in [0.25, 0.3) is 10.9 Å². The van der Waals surface area contributed by atoms with Crippen molar-refractivity contribution in [2.75, 3.05) is 63.9 Å². The number of hydrogen-bond acceptors (Lipinski definition) is 6. The van der Waals surface area contributed by atoms with E-state index in [0.29, 0.717) is 45.0 Å². The van der Waals surface area contributed by atoms with E-state index in [2.05, 4.69) is 15.1 Å². The summed E-state index contributed by atoms with van der Waals surface area (Å²) in [5.41, 5.74) is 2.61. The van der Waals surface area contributed by atoms with Crippen LogP contribution in [-0.4, -0.2) is 85.6 Å². The van der Waals surface area contributed by atoms with Gasteiger partial charge in [-0.25, -0.2) is 4.98 Å². The minimum Gasteiger partial charge on any atom is -0.378 e. The Morgan fingerprint density at radius 2 is 1.60 bits per heavy atom. The number of morpholine rings is 1. The minimum absolute atomic E-state index is 0.0295. The van der Waals surface area contributed by atoms with Gasteiger partial charge in [0.1, 0.15) is 5.82 Å². The summed E-state index contributed by atoms with van der Waals surface area (Å²) in [4.78, 5) is 36.9. The molecule has 3 aromatic rings. The van der Waals surface area contributed by atoms with E-state index in [4.69, 9.17) is 9.72 Å². The molecule has 0 spiro atoms. The number of nitrogens with one attached hydrogen (secondary N) is 1. The van der Waals surface area contributed by atoms with Crippen molar-refractivity contribution in [3.05, 3.63) is 71.8 Å². The molecule has 2 aliphatic rings. The fourth-order valence-corrected chi connectivity index (χ4v) is 4.63. The lowest BCUT2D eigenvalue weighted by atomic mass is 10.1. The highest BCUT2D eigenvalue weighted by molar-refractivity contribution is 6.07. The number of anilines is 1. The van der Waals surface area contributed by atoms with Crippen LogP contribution in [0, 0.1) is 0 Å². The smallest absolute Gasteiger partial charge is 0.254 e. The van der Waals surface area contributed by atoms with Gasteiger partial charge in [0.15, 0.2) is 0 Å². The monoisotopic (exact) mass is 473 g/mol. The SMILES string of the molecule is O=C(CN1CCN(c2cc(C(=O)N3CCOCC3)c3ccccc3n2)CC1)NCc1ccccc1. The molecule has 5 rings (SSSR count). The Morgan fingerprint density at radius 3 is 2.37 bits per heavy atom. The molecule has 2 aromatic carbocycles. The second-order valence-corrected chi connectivity index (χ2v) is 8.98. The predicted octanol–water partition coefficient (Wildman–Crippen LogP) is 2.15. The lowest BCUT2D eigenvalue weighted by Gasteiger charge is -2.35. The summed E-state index contributed by atoms with van der Waals surface area (Å²) >= 11 is 0. The molecule has 2 saturated heterocycles. The van der Waals surface area contributed by atoms with Gasteiger partial charge in [-0.3, -0.25) is 14.5 Å². The van der Waals surface area contributed by atoms with Gasteiger partial charge in [-0.2, -0.15) is 0 Å². The number of benzene rings is 2. The Balaban J connectivity index is 1.23. The average Bonchev–Trinajstić information content (AvgIpc) is 2.92. The van der Waals surface area contributed by atoms with Gasteiger partial charge in [0.05, 0.1) is 30.8 Å². The largest absolute Gasteiger partial charge is 0.378 e. The number of aromatic nitrogens is 1. The summed E-state index contributed by atoms with van der Waals surface area (Å²) in [5, 5.41) is 3.88. The zero-order valence-electron chi connectivity index (χ0n) is 19.9. The zero-order valence-corrected chi connectivity index (χ0v) is 19.9. The van der Waals surface area contributed by atoms with Gasteiger partial charge < -0.3 is 19.9 Å². The molecule has 0 bridgehead atoms. The zero-order chi connectivity index (χ0) is 24.0. The van der Waals surface area contributed by atoms with E-state index in [1.165, 1.54) is 0 Å². The van der Waals surface area contributed by atoms with Crippen LogP contribution in [0.2, 0.25) is 0 Å². The molecule has 35 heavy (non-hydrogen) atoms. The molecule has 0 saturated carbocycles. The van der Waals surface area contributed by atoms with Crippen LogP contribution >= 0.6 is 0 Å². The maximum Gasteiger partial charge on any atom is 0.254 e. The standard InChI is InChI=1S/C27H31N5O3/c33-26(28-19-21-6-2-1-3-7-21)20-30-10-12-31(13-11-30)25-18-23(22-8-4-5-9-24(22)29-25)27(34)32-14-16-35-17-15-32/h1-9,18H,10-17,19-20H2,(H,28,33). The topological polar surface area (TPSA) is 78.0 Å². The van der Waals surface area contributed by atoms with E-state index in [1.807, 2.05) is 65.6 Å². The highest BCUT2D eigenvalue weighted by Gasteiger charge is 2.25. The quantitative estimate of drug-likeness (QED) is 0.591. The molecule has 0 aliphatic carbocycles. The molecule has 2 amide bonds. The Kier molecular flexibility index (Phi) is 7.20. The number of carbonyl (C=O) groups excluding carboxylic acids is 2. The number of ether oxygens (including phenoxy) is 1. The van der Waals surface area contributed by atoms with Gasteiger partial charge in [-0.1, -0.05) is 48.5 Å². The Morgan fingerprint density at radius 1 is 0.886 bits per heavy atom. The van der Waals surface area contributed by atoms with Gasteiger partial charge in [0, 0.05) is 51.2 Å². The molecule has 2 fully saturated rings. The Bertz CT molecular complexity index is 1170. The first kappa shape index (κ1) is 23.3. The van der Waals surface area contributed by atoms with Crippen LogP contribution in [0.1, 0.15) is 15.9 Å². The number of pyridine rings is 1. The van der Waals surface area contributed by atoms with E-state index in [-0.39, 0.29) is 11.8 Å². The number of carbonyl (C=O) groups is 2. The molecule has 8 heteroatoms. The normalized spacial score (nSPS) is 16.9.